The zero-order valence-corrected chi connectivity index (χ0v) is 12.9. The van der Waals surface area contributed by atoms with E-state index in [1.54, 1.807) is 0 Å². The molecule has 0 aliphatic heterocycles. The highest BCUT2D eigenvalue weighted by atomic mass is 127. The molecule has 2 heteroatoms. The van der Waals surface area contributed by atoms with Gasteiger partial charge in [0, 0.05) is 10.6 Å². The lowest BCUT2D eigenvalue weighted by Gasteiger charge is -1.99. The highest BCUT2D eigenvalue weighted by Gasteiger charge is 2.06. The van der Waals surface area contributed by atoms with Crippen molar-refractivity contribution in [1.29, 1.82) is 0 Å². The third kappa shape index (κ3) is 1.91. The van der Waals surface area contributed by atoms with Gasteiger partial charge in [-0.1, -0.05) is 49.1 Å². The van der Waals surface area contributed by atoms with Gasteiger partial charge in [0.2, 0.25) is 0 Å². The third-order valence-electron chi connectivity index (χ3n) is 3.41. The monoisotopic (exact) mass is 359 g/mol. The van der Waals surface area contributed by atoms with E-state index in [2.05, 4.69) is 87.7 Å². The van der Waals surface area contributed by atoms with Crippen molar-refractivity contribution in [2.75, 3.05) is 0 Å². The van der Waals surface area contributed by atoms with Gasteiger partial charge in [-0.2, -0.15) is 0 Å². The summed E-state index contributed by atoms with van der Waals surface area (Å²) in [4.78, 5) is 0. The van der Waals surface area contributed by atoms with E-state index < -0.39 is 0 Å². The van der Waals surface area contributed by atoms with Gasteiger partial charge in [0.1, 0.15) is 0 Å². The van der Waals surface area contributed by atoms with Gasteiger partial charge >= 0.3 is 0 Å². The van der Waals surface area contributed by atoms with E-state index in [4.69, 9.17) is 0 Å². The summed E-state index contributed by atoms with van der Waals surface area (Å²) in [6, 6.07) is 13.0. The zero-order chi connectivity index (χ0) is 13.4. The summed E-state index contributed by atoms with van der Waals surface area (Å²) in [5, 5.41) is 6.30. The van der Waals surface area contributed by atoms with Gasteiger partial charge in [-0.05, 0) is 29.8 Å². The van der Waals surface area contributed by atoms with E-state index >= 15 is 0 Å². The first-order valence-corrected chi connectivity index (χ1v) is 7.21. The number of hydrogen-bond donors (Lipinski definition) is 0. The first-order valence-electron chi connectivity index (χ1n) is 6.24. The molecule has 2 aromatic carbocycles. The molecule has 0 bridgehead atoms. The van der Waals surface area contributed by atoms with Crippen molar-refractivity contribution in [2.24, 2.45) is 0 Å². The molecular formula is C17H14IN. The molecule has 3 rings (SSSR count). The molecule has 1 nitrogen and oxygen atoms in total. The van der Waals surface area contributed by atoms with Crippen LogP contribution in [-0.2, 0) is 0 Å². The van der Waals surface area contributed by atoms with Crippen molar-refractivity contribution in [3.8, 4) is 0 Å². The Morgan fingerprint density at radius 3 is 2.47 bits per heavy atom. The Balaban J connectivity index is 2.64. The summed E-state index contributed by atoms with van der Waals surface area (Å²) in [7, 11) is 0. The lowest BCUT2D eigenvalue weighted by Crippen LogP contribution is -2.24. The van der Waals surface area contributed by atoms with Crippen molar-refractivity contribution in [1.82, 2.24) is 2.78 Å². The highest BCUT2D eigenvalue weighted by molar-refractivity contribution is 14.1. The topological polar surface area (TPSA) is 4.93 Å². The molecule has 0 saturated carbocycles. The van der Waals surface area contributed by atoms with Crippen LogP contribution >= 0.6 is 22.9 Å². The maximum atomic E-state index is 3.83. The quantitative estimate of drug-likeness (QED) is 0.583. The van der Waals surface area contributed by atoms with E-state index in [1.165, 1.54) is 32.2 Å². The molecule has 0 aliphatic rings. The minimum atomic E-state index is 1.23. The summed E-state index contributed by atoms with van der Waals surface area (Å²) < 4.78 is 2.22. The van der Waals surface area contributed by atoms with Crippen LogP contribution in [0.25, 0.3) is 33.8 Å². The normalized spacial score (nSPS) is 13.6. The van der Waals surface area contributed by atoms with Crippen molar-refractivity contribution in [2.45, 2.75) is 6.92 Å². The molecule has 0 amide bonds. The second kappa shape index (κ2) is 4.85. The Morgan fingerprint density at radius 2 is 1.84 bits per heavy atom. The lowest BCUT2D eigenvalue weighted by molar-refractivity contribution is 1.31. The molecule has 94 valence electrons. The van der Waals surface area contributed by atoms with Crippen molar-refractivity contribution in [3.05, 3.63) is 59.6 Å². The van der Waals surface area contributed by atoms with Gasteiger partial charge in [0.25, 0.3) is 0 Å². The van der Waals surface area contributed by atoms with Gasteiger partial charge in [-0.3, -0.25) is 2.78 Å². The second-order valence-electron chi connectivity index (χ2n) is 4.49. The van der Waals surface area contributed by atoms with Crippen molar-refractivity contribution >= 4 is 56.7 Å². The average molecular weight is 359 g/mol. The summed E-state index contributed by atoms with van der Waals surface area (Å²) in [6.07, 6.45) is 6.08. The fraction of sp³-hybridized carbons (Fsp3) is 0.0588. The van der Waals surface area contributed by atoms with Crippen molar-refractivity contribution in [3.63, 3.8) is 0 Å². The molecule has 0 fully saturated rings. The SMILES string of the molecule is C=C/C=c1\c(=C/C)n(I)c2cc3ccccc3cc12. The molecule has 1 aromatic heterocycles. The number of nitrogens with zero attached hydrogens (tertiary/aromatic N) is 1. The third-order valence-corrected chi connectivity index (χ3v) is 4.45. The minimum Gasteiger partial charge on any atom is -0.282 e. The van der Waals surface area contributed by atoms with Crippen LogP contribution in [0.3, 0.4) is 0 Å². The number of hydrogen-bond acceptors (Lipinski definition) is 0. The molecular weight excluding hydrogens is 345 g/mol. The van der Waals surface area contributed by atoms with Crippen LogP contribution in [0, 0.1) is 0 Å². The van der Waals surface area contributed by atoms with Gasteiger partial charge in [-0.25, -0.2) is 0 Å². The van der Waals surface area contributed by atoms with Crippen LogP contribution in [0.4, 0.5) is 0 Å². The second-order valence-corrected chi connectivity index (χ2v) is 5.45. The number of rotatable bonds is 1. The smallest absolute Gasteiger partial charge is 0.0646 e. The van der Waals surface area contributed by atoms with E-state index in [1.807, 2.05) is 6.08 Å². The van der Waals surface area contributed by atoms with Crippen LogP contribution in [-0.4, -0.2) is 2.78 Å². The van der Waals surface area contributed by atoms with Gasteiger partial charge in [0.05, 0.1) is 33.7 Å². The Hall–Kier alpha value is -1.55. The number of halogens is 1. The molecule has 0 spiro atoms. The summed E-state index contributed by atoms with van der Waals surface area (Å²) in [5.41, 5.74) is 1.25. The number of fused-ring (bicyclic) bond motifs is 2. The summed E-state index contributed by atoms with van der Waals surface area (Å²) in [6.45, 7) is 5.90. The average Bonchev–Trinajstić information content (AvgIpc) is 2.69. The number of aromatic nitrogens is 1. The number of allylic oxidation sites excluding steroid dienone is 1. The van der Waals surface area contributed by atoms with E-state index in [0.29, 0.717) is 0 Å². The molecule has 1 heterocycles. The maximum absolute atomic E-state index is 3.83. The minimum absolute atomic E-state index is 1.23. The zero-order valence-electron chi connectivity index (χ0n) is 10.7. The van der Waals surface area contributed by atoms with E-state index in [9.17, 15) is 0 Å². The van der Waals surface area contributed by atoms with Crippen LogP contribution in [0.2, 0.25) is 0 Å². The van der Waals surface area contributed by atoms with Gasteiger partial charge < -0.3 is 0 Å². The molecule has 0 atom stereocenters. The molecule has 0 saturated heterocycles. The fourth-order valence-electron chi connectivity index (χ4n) is 2.54. The predicted molar refractivity (Wildman–Crippen MR) is 92.9 cm³/mol. The standard InChI is InChI=1S/C17H14IN/c1-3-7-14-15-10-12-8-5-6-9-13(12)11-17(15)19(18)16(14)4-2/h3-11H,1H2,2H3/b14-7-,16-4+. The predicted octanol–water partition coefficient (Wildman–Crippen LogP) is 3.76. The Kier molecular flexibility index (Phi) is 3.19. The molecule has 0 radical (unpaired) electrons. The Bertz CT molecular complexity index is 900. The molecule has 0 N–H and O–H groups in total. The summed E-state index contributed by atoms with van der Waals surface area (Å²) in [5.74, 6) is 0. The van der Waals surface area contributed by atoms with E-state index in [-0.39, 0.29) is 0 Å². The maximum Gasteiger partial charge on any atom is 0.0646 e. The summed E-state index contributed by atoms with van der Waals surface area (Å²) >= 11 is 2.36. The fourth-order valence-corrected chi connectivity index (χ4v) is 3.48. The molecule has 0 aliphatic carbocycles. The van der Waals surface area contributed by atoms with Gasteiger partial charge in [0.15, 0.2) is 0 Å². The first-order chi connectivity index (χ1) is 9.26. The Morgan fingerprint density at radius 1 is 1.16 bits per heavy atom. The van der Waals surface area contributed by atoms with Gasteiger partial charge in [-0.15, -0.1) is 0 Å². The largest absolute Gasteiger partial charge is 0.282 e. The highest BCUT2D eigenvalue weighted by Crippen LogP contribution is 2.21. The van der Waals surface area contributed by atoms with Crippen LogP contribution in [0.15, 0.2) is 49.1 Å². The van der Waals surface area contributed by atoms with Crippen molar-refractivity contribution < 1.29 is 0 Å². The molecule has 0 unspecified atom stereocenters. The van der Waals surface area contributed by atoms with Crippen LogP contribution in [0.5, 0.6) is 0 Å². The first kappa shape index (κ1) is 12.5. The van der Waals surface area contributed by atoms with Crippen LogP contribution in [0.1, 0.15) is 6.92 Å². The number of benzene rings is 2. The van der Waals surface area contributed by atoms with E-state index in [0.717, 1.165) is 0 Å². The molecule has 19 heavy (non-hydrogen) atoms. The molecule has 3 aromatic rings. The lowest BCUT2D eigenvalue weighted by atomic mass is 10.1. The van der Waals surface area contributed by atoms with Crippen LogP contribution < -0.4 is 10.6 Å². The Labute approximate surface area is 126 Å².